The molecule has 0 aliphatic carbocycles. The number of halogens is 1. The lowest BCUT2D eigenvalue weighted by Crippen LogP contribution is -2.46. The topological polar surface area (TPSA) is 18.5 Å². The Labute approximate surface area is 115 Å². The van der Waals surface area contributed by atoms with E-state index in [1.54, 1.807) is 12.1 Å². The normalized spacial score (nSPS) is 17.8. The number of nitrogens with zero attached hydrogens (tertiary/aromatic N) is 2. The number of hydrogen-bond acceptors (Lipinski definition) is 3. The number of hydrogen-bond donors (Lipinski definition) is 1. The first kappa shape index (κ1) is 14.4. The van der Waals surface area contributed by atoms with Crippen molar-refractivity contribution < 1.29 is 4.39 Å². The smallest absolute Gasteiger partial charge is 0.123 e. The predicted molar refractivity (Wildman–Crippen MR) is 76.9 cm³/mol. The highest BCUT2D eigenvalue weighted by molar-refractivity contribution is 5.16. The Morgan fingerprint density at radius 2 is 1.95 bits per heavy atom. The van der Waals surface area contributed by atoms with Crippen LogP contribution in [-0.2, 0) is 6.42 Å². The number of benzene rings is 1. The van der Waals surface area contributed by atoms with Crippen LogP contribution < -0.4 is 5.32 Å². The summed E-state index contributed by atoms with van der Waals surface area (Å²) >= 11 is 0. The van der Waals surface area contributed by atoms with Crippen molar-refractivity contribution in [1.82, 2.24) is 15.1 Å². The van der Waals surface area contributed by atoms with Gasteiger partial charge in [-0.2, -0.15) is 0 Å². The van der Waals surface area contributed by atoms with Gasteiger partial charge in [0.2, 0.25) is 0 Å². The Morgan fingerprint density at radius 1 is 1.16 bits per heavy atom. The van der Waals surface area contributed by atoms with E-state index in [0.717, 1.165) is 31.6 Å². The minimum Gasteiger partial charge on any atom is -0.315 e. The summed E-state index contributed by atoms with van der Waals surface area (Å²) in [5, 5.41) is 3.43. The molecule has 1 saturated heterocycles. The van der Waals surface area contributed by atoms with Crippen molar-refractivity contribution in [3.8, 4) is 0 Å². The van der Waals surface area contributed by atoms with Crippen LogP contribution in [0.1, 0.15) is 5.56 Å². The van der Waals surface area contributed by atoms with E-state index in [1.807, 2.05) is 6.07 Å². The van der Waals surface area contributed by atoms with Gasteiger partial charge in [-0.05, 0) is 37.7 Å². The van der Waals surface area contributed by atoms with Gasteiger partial charge in [-0.15, -0.1) is 0 Å². The van der Waals surface area contributed by atoms with Gasteiger partial charge in [-0.1, -0.05) is 12.1 Å². The highest BCUT2D eigenvalue weighted by Crippen LogP contribution is 2.03. The third-order valence-corrected chi connectivity index (χ3v) is 3.68. The van der Waals surface area contributed by atoms with Crippen LogP contribution in [-0.4, -0.2) is 62.7 Å². The fourth-order valence-corrected chi connectivity index (χ4v) is 2.36. The summed E-state index contributed by atoms with van der Waals surface area (Å²) in [5.74, 6) is -0.144. The van der Waals surface area contributed by atoms with E-state index in [4.69, 9.17) is 0 Å². The zero-order valence-corrected chi connectivity index (χ0v) is 11.7. The summed E-state index contributed by atoms with van der Waals surface area (Å²) in [6.07, 6.45) is 0.889. The molecule has 1 fully saturated rings. The second-order valence-corrected chi connectivity index (χ2v) is 5.27. The van der Waals surface area contributed by atoms with Crippen molar-refractivity contribution >= 4 is 0 Å². The zero-order chi connectivity index (χ0) is 13.5. The maximum absolute atomic E-state index is 13.0. The van der Waals surface area contributed by atoms with Crippen LogP contribution in [0, 0.1) is 5.82 Å². The fraction of sp³-hybridized carbons (Fsp3) is 0.600. The van der Waals surface area contributed by atoms with Crippen molar-refractivity contribution in [3.63, 3.8) is 0 Å². The Bertz CT molecular complexity index is 375. The second kappa shape index (κ2) is 7.58. The van der Waals surface area contributed by atoms with Gasteiger partial charge >= 0.3 is 0 Å². The van der Waals surface area contributed by atoms with Crippen LogP contribution in [0.3, 0.4) is 0 Å². The largest absolute Gasteiger partial charge is 0.315 e. The maximum atomic E-state index is 13.0. The lowest BCUT2D eigenvalue weighted by Gasteiger charge is -2.32. The van der Waals surface area contributed by atoms with Crippen LogP contribution in [0.25, 0.3) is 0 Å². The van der Waals surface area contributed by atoms with Crippen LogP contribution in [0.4, 0.5) is 4.39 Å². The Kier molecular flexibility index (Phi) is 5.76. The Balaban J connectivity index is 1.55. The molecule has 0 amide bonds. The van der Waals surface area contributed by atoms with Gasteiger partial charge in [-0.25, -0.2) is 4.39 Å². The number of nitrogens with one attached hydrogen (secondary N) is 1. The molecule has 1 aliphatic heterocycles. The minimum atomic E-state index is -0.144. The minimum absolute atomic E-state index is 0.144. The quantitative estimate of drug-likeness (QED) is 0.780. The molecule has 0 bridgehead atoms. The molecule has 19 heavy (non-hydrogen) atoms. The molecule has 106 valence electrons. The SMILES string of the molecule is CN1CCN(CCNCCc2cccc(F)c2)CC1. The molecular formula is C15H24FN3. The van der Waals surface area contributed by atoms with Gasteiger partial charge < -0.3 is 10.2 Å². The fourth-order valence-electron chi connectivity index (χ4n) is 2.36. The molecule has 1 heterocycles. The van der Waals surface area contributed by atoms with E-state index < -0.39 is 0 Å². The van der Waals surface area contributed by atoms with Crippen LogP contribution >= 0.6 is 0 Å². The highest BCUT2D eigenvalue weighted by Gasteiger charge is 2.12. The predicted octanol–water partition coefficient (Wildman–Crippen LogP) is 1.21. The van der Waals surface area contributed by atoms with E-state index in [-0.39, 0.29) is 5.82 Å². The van der Waals surface area contributed by atoms with Gasteiger partial charge in [0.15, 0.2) is 0 Å². The molecule has 0 saturated carbocycles. The van der Waals surface area contributed by atoms with E-state index >= 15 is 0 Å². The van der Waals surface area contributed by atoms with Crippen molar-refractivity contribution in [2.75, 3.05) is 52.9 Å². The molecule has 3 nitrogen and oxygen atoms in total. The van der Waals surface area contributed by atoms with E-state index in [9.17, 15) is 4.39 Å². The summed E-state index contributed by atoms with van der Waals surface area (Å²) in [6.45, 7) is 7.71. The molecule has 4 heteroatoms. The molecule has 0 spiro atoms. The second-order valence-electron chi connectivity index (χ2n) is 5.27. The summed E-state index contributed by atoms with van der Waals surface area (Å²) in [7, 11) is 2.18. The molecular weight excluding hydrogens is 241 g/mol. The number of piperazine rings is 1. The monoisotopic (exact) mass is 265 g/mol. The average Bonchev–Trinajstić information content (AvgIpc) is 2.41. The van der Waals surface area contributed by atoms with Crippen LogP contribution in [0.2, 0.25) is 0 Å². The highest BCUT2D eigenvalue weighted by atomic mass is 19.1. The summed E-state index contributed by atoms with van der Waals surface area (Å²) < 4.78 is 13.0. The first-order valence-electron chi connectivity index (χ1n) is 7.10. The van der Waals surface area contributed by atoms with Gasteiger partial charge in [-0.3, -0.25) is 4.90 Å². The standard InChI is InChI=1S/C15H24FN3/c1-18-9-11-19(12-10-18)8-7-17-6-5-14-3-2-4-15(16)13-14/h2-4,13,17H,5-12H2,1H3. The van der Waals surface area contributed by atoms with Crippen molar-refractivity contribution in [3.05, 3.63) is 35.6 Å². The lowest BCUT2D eigenvalue weighted by atomic mass is 10.1. The molecule has 1 aliphatic rings. The Morgan fingerprint density at radius 3 is 2.68 bits per heavy atom. The van der Waals surface area contributed by atoms with Crippen molar-refractivity contribution in [2.45, 2.75) is 6.42 Å². The lowest BCUT2D eigenvalue weighted by molar-refractivity contribution is 0.155. The van der Waals surface area contributed by atoms with Crippen LogP contribution in [0.15, 0.2) is 24.3 Å². The average molecular weight is 265 g/mol. The molecule has 1 N–H and O–H groups in total. The molecule has 0 unspecified atom stereocenters. The van der Waals surface area contributed by atoms with E-state index in [0.29, 0.717) is 0 Å². The van der Waals surface area contributed by atoms with E-state index in [2.05, 4.69) is 22.2 Å². The van der Waals surface area contributed by atoms with E-state index in [1.165, 1.54) is 32.2 Å². The van der Waals surface area contributed by atoms with Gasteiger partial charge in [0.1, 0.15) is 5.82 Å². The number of rotatable bonds is 6. The van der Waals surface area contributed by atoms with Gasteiger partial charge in [0.25, 0.3) is 0 Å². The molecule has 0 atom stereocenters. The Hall–Kier alpha value is -0.970. The summed E-state index contributed by atoms with van der Waals surface area (Å²) in [6, 6.07) is 6.85. The van der Waals surface area contributed by atoms with Crippen LogP contribution in [0.5, 0.6) is 0 Å². The first-order chi connectivity index (χ1) is 9.24. The van der Waals surface area contributed by atoms with Gasteiger partial charge in [0.05, 0.1) is 0 Å². The van der Waals surface area contributed by atoms with Gasteiger partial charge in [0, 0.05) is 39.3 Å². The molecule has 0 aromatic heterocycles. The van der Waals surface area contributed by atoms with Crippen molar-refractivity contribution in [2.24, 2.45) is 0 Å². The summed E-state index contributed by atoms with van der Waals surface area (Å²) in [5.41, 5.74) is 1.06. The number of likely N-dealkylation sites (N-methyl/N-ethyl adjacent to an activating group) is 1. The molecule has 0 radical (unpaired) electrons. The molecule has 1 aromatic carbocycles. The zero-order valence-electron chi connectivity index (χ0n) is 11.7. The summed E-state index contributed by atoms with van der Waals surface area (Å²) in [4.78, 5) is 4.86. The maximum Gasteiger partial charge on any atom is 0.123 e. The van der Waals surface area contributed by atoms with Crippen molar-refractivity contribution in [1.29, 1.82) is 0 Å². The molecule has 2 rings (SSSR count). The first-order valence-corrected chi connectivity index (χ1v) is 7.10. The molecule has 1 aromatic rings. The third kappa shape index (κ3) is 5.27. The third-order valence-electron chi connectivity index (χ3n) is 3.68.